The van der Waals surface area contributed by atoms with Gasteiger partial charge >= 0.3 is 11.6 Å². The van der Waals surface area contributed by atoms with E-state index in [1.165, 1.54) is 17.7 Å². The van der Waals surface area contributed by atoms with E-state index in [2.05, 4.69) is 5.32 Å². The summed E-state index contributed by atoms with van der Waals surface area (Å²) in [6.07, 6.45) is 1.63. The lowest BCUT2D eigenvalue weighted by molar-refractivity contribution is -0.150. The molecule has 3 rings (SSSR count). The second-order valence-corrected chi connectivity index (χ2v) is 7.35. The van der Waals surface area contributed by atoms with Crippen LogP contribution in [0, 0.1) is 6.92 Å². The molecular formula is C24H25NO6. The van der Waals surface area contributed by atoms with Crippen LogP contribution in [0.3, 0.4) is 0 Å². The van der Waals surface area contributed by atoms with Crippen LogP contribution < -0.4 is 15.7 Å². The summed E-state index contributed by atoms with van der Waals surface area (Å²) in [5, 5.41) is 3.60. The van der Waals surface area contributed by atoms with Crippen LogP contribution in [0.25, 0.3) is 11.0 Å². The Morgan fingerprint density at radius 2 is 1.84 bits per heavy atom. The number of esters is 1. The van der Waals surface area contributed by atoms with Gasteiger partial charge in [0, 0.05) is 23.6 Å². The first-order valence-corrected chi connectivity index (χ1v) is 10.1. The normalized spacial score (nSPS) is 11.7. The van der Waals surface area contributed by atoms with E-state index < -0.39 is 11.6 Å². The highest BCUT2D eigenvalue weighted by Crippen LogP contribution is 2.22. The molecule has 1 heterocycles. The lowest BCUT2D eigenvalue weighted by Crippen LogP contribution is -2.36. The van der Waals surface area contributed by atoms with Gasteiger partial charge < -0.3 is 19.2 Å². The van der Waals surface area contributed by atoms with E-state index >= 15 is 0 Å². The van der Waals surface area contributed by atoms with E-state index in [-0.39, 0.29) is 25.2 Å². The van der Waals surface area contributed by atoms with Gasteiger partial charge in [0.2, 0.25) is 0 Å². The van der Waals surface area contributed by atoms with E-state index in [0.29, 0.717) is 11.3 Å². The molecule has 0 saturated carbocycles. The summed E-state index contributed by atoms with van der Waals surface area (Å²) < 4.78 is 15.5. The molecule has 7 heteroatoms. The Morgan fingerprint density at radius 1 is 1.06 bits per heavy atom. The molecule has 0 spiro atoms. The predicted molar refractivity (Wildman–Crippen MR) is 116 cm³/mol. The van der Waals surface area contributed by atoms with Crippen LogP contribution in [-0.2, 0) is 20.7 Å². The summed E-state index contributed by atoms with van der Waals surface area (Å²) in [7, 11) is 0. The molecule has 1 aromatic heterocycles. The van der Waals surface area contributed by atoms with E-state index in [1.54, 1.807) is 12.1 Å². The number of rotatable bonds is 9. The Kier molecular flexibility index (Phi) is 7.43. The molecule has 0 unspecified atom stereocenters. The number of ether oxygens (including phenoxy) is 2. The van der Waals surface area contributed by atoms with Crippen molar-refractivity contribution in [2.24, 2.45) is 0 Å². The van der Waals surface area contributed by atoms with E-state index in [0.717, 1.165) is 23.8 Å². The number of hydrogen-bond acceptors (Lipinski definition) is 6. The zero-order valence-corrected chi connectivity index (χ0v) is 17.6. The van der Waals surface area contributed by atoms with Crippen molar-refractivity contribution < 1.29 is 23.5 Å². The number of amides is 1. The number of nitrogens with one attached hydrogen (secondary N) is 1. The molecule has 0 aliphatic rings. The topological polar surface area (TPSA) is 94.8 Å². The maximum absolute atomic E-state index is 12.0. The molecule has 0 bridgehead atoms. The Morgan fingerprint density at radius 3 is 2.61 bits per heavy atom. The van der Waals surface area contributed by atoms with Crippen LogP contribution in [0.4, 0.5) is 0 Å². The summed E-state index contributed by atoms with van der Waals surface area (Å²) in [5.74, 6) is -0.674. The van der Waals surface area contributed by atoms with Gasteiger partial charge in [-0.05, 0) is 49.9 Å². The molecule has 2 aromatic carbocycles. The lowest BCUT2D eigenvalue weighted by atomic mass is 10.1. The molecule has 3 aromatic rings. The average molecular weight is 423 g/mol. The molecule has 0 aliphatic heterocycles. The number of aryl methyl sites for hydroxylation is 2. The van der Waals surface area contributed by atoms with Crippen molar-refractivity contribution in [3.63, 3.8) is 0 Å². The van der Waals surface area contributed by atoms with Crippen molar-refractivity contribution in [3.8, 4) is 5.75 Å². The van der Waals surface area contributed by atoms with Crippen molar-refractivity contribution in [2.45, 2.75) is 32.7 Å². The van der Waals surface area contributed by atoms with Crippen LogP contribution in [0.15, 0.2) is 63.8 Å². The van der Waals surface area contributed by atoms with Crippen molar-refractivity contribution in [3.05, 3.63) is 76.1 Å². The Hall–Kier alpha value is -3.61. The Labute approximate surface area is 180 Å². The highest BCUT2D eigenvalue weighted by molar-refractivity contribution is 5.82. The van der Waals surface area contributed by atoms with Crippen LogP contribution in [0.1, 0.15) is 24.5 Å². The maximum atomic E-state index is 12.0. The van der Waals surface area contributed by atoms with Crippen molar-refractivity contribution in [1.82, 2.24) is 5.32 Å². The van der Waals surface area contributed by atoms with Gasteiger partial charge in [-0.25, -0.2) is 9.59 Å². The Bertz CT molecular complexity index is 1110. The second kappa shape index (κ2) is 10.4. The van der Waals surface area contributed by atoms with Crippen LogP contribution in [0.2, 0.25) is 0 Å². The zero-order chi connectivity index (χ0) is 22.2. The van der Waals surface area contributed by atoms with Crippen molar-refractivity contribution in [1.29, 1.82) is 0 Å². The lowest BCUT2D eigenvalue weighted by Gasteiger charge is -2.14. The summed E-state index contributed by atoms with van der Waals surface area (Å²) in [6.45, 7) is 2.98. The maximum Gasteiger partial charge on any atom is 0.344 e. The smallest absolute Gasteiger partial charge is 0.344 e. The zero-order valence-electron chi connectivity index (χ0n) is 17.6. The molecule has 1 amide bonds. The summed E-state index contributed by atoms with van der Waals surface area (Å²) in [4.78, 5) is 35.4. The van der Waals surface area contributed by atoms with Gasteiger partial charge in [0.25, 0.3) is 5.91 Å². The van der Waals surface area contributed by atoms with Crippen LogP contribution in [-0.4, -0.2) is 31.1 Å². The highest BCUT2D eigenvalue weighted by Gasteiger charge is 2.12. The highest BCUT2D eigenvalue weighted by atomic mass is 16.6. The molecule has 0 aliphatic carbocycles. The van der Waals surface area contributed by atoms with E-state index in [1.807, 2.05) is 44.2 Å². The van der Waals surface area contributed by atoms with E-state index in [9.17, 15) is 14.4 Å². The number of carbonyl (C=O) groups excluding carboxylic acids is 2. The van der Waals surface area contributed by atoms with Gasteiger partial charge in [-0.15, -0.1) is 0 Å². The first kappa shape index (κ1) is 22.1. The Balaban J connectivity index is 1.40. The van der Waals surface area contributed by atoms with Gasteiger partial charge in [-0.2, -0.15) is 0 Å². The van der Waals surface area contributed by atoms with Gasteiger partial charge in [0.1, 0.15) is 11.3 Å². The summed E-state index contributed by atoms with van der Waals surface area (Å²) in [5.41, 5.74) is 1.92. The number of carbonyl (C=O) groups is 2. The van der Waals surface area contributed by atoms with Crippen LogP contribution >= 0.6 is 0 Å². The van der Waals surface area contributed by atoms with Crippen molar-refractivity contribution in [2.75, 3.05) is 13.2 Å². The molecule has 0 saturated heterocycles. The van der Waals surface area contributed by atoms with Crippen molar-refractivity contribution >= 4 is 22.8 Å². The minimum Gasteiger partial charge on any atom is -0.482 e. The van der Waals surface area contributed by atoms with Gasteiger partial charge in [0.05, 0.1) is 0 Å². The first-order chi connectivity index (χ1) is 14.9. The fourth-order valence-electron chi connectivity index (χ4n) is 3.14. The number of hydrogen-bond donors (Lipinski definition) is 1. The minimum absolute atomic E-state index is 0.0432. The van der Waals surface area contributed by atoms with Crippen LogP contribution in [0.5, 0.6) is 5.75 Å². The first-order valence-electron chi connectivity index (χ1n) is 10.1. The fraction of sp³-hybridized carbons (Fsp3) is 0.292. The largest absolute Gasteiger partial charge is 0.482 e. The third-order valence-corrected chi connectivity index (χ3v) is 4.76. The summed E-state index contributed by atoms with van der Waals surface area (Å²) in [6, 6.07) is 16.3. The summed E-state index contributed by atoms with van der Waals surface area (Å²) >= 11 is 0. The van der Waals surface area contributed by atoms with Gasteiger partial charge in [-0.3, -0.25) is 4.79 Å². The minimum atomic E-state index is -0.669. The standard InChI is InChI=1S/C24H25NO6/c1-16-12-23(27)31-21-13-19(10-11-20(16)21)29-15-24(28)30-14-22(26)25-17(2)8-9-18-6-4-3-5-7-18/h3-7,10-13,17H,8-9,14-15H2,1-2H3,(H,25,26)/t17-/m1/s1. The predicted octanol–water partition coefficient (Wildman–Crippen LogP) is 3.16. The molecule has 1 atom stereocenters. The van der Waals surface area contributed by atoms with Gasteiger partial charge in [0.15, 0.2) is 13.2 Å². The molecule has 0 radical (unpaired) electrons. The third-order valence-electron chi connectivity index (χ3n) is 4.76. The molecule has 162 valence electrons. The molecule has 0 fully saturated rings. The van der Waals surface area contributed by atoms with E-state index in [4.69, 9.17) is 13.9 Å². The quantitative estimate of drug-likeness (QED) is 0.420. The SMILES string of the molecule is Cc1cc(=O)oc2cc(OCC(=O)OCC(=O)N[C@H](C)CCc3ccccc3)ccc12. The molecular weight excluding hydrogens is 398 g/mol. The molecule has 31 heavy (non-hydrogen) atoms. The third kappa shape index (κ3) is 6.70. The average Bonchev–Trinajstić information content (AvgIpc) is 2.75. The number of benzene rings is 2. The molecule has 1 N–H and O–H groups in total. The molecule has 7 nitrogen and oxygen atoms in total. The van der Waals surface area contributed by atoms with Gasteiger partial charge in [-0.1, -0.05) is 30.3 Å². The second-order valence-electron chi connectivity index (χ2n) is 7.35. The number of fused-ring (bicyclic) bond motifs is 1. The monoisotopic (exact) mass is 423 g/mol. The fourth-order valence-corrected chi connectivity index (χ4v) is 3.14.